The van der Waals surface area contributed by atoms with E-state index in [1.54, 1.807) is 13.8 Å². The Balaban J connectivity index is 2.53. The minimum absolute atomic E-state index is 0.0318. The number of carboxylic acid groups (broad SMARTS) is 1. The second-order valence-corrected chi connectivity index (χ2v) is 5.63. The Hall–Kier alpha value is -2.05. The Morgan fingerprint density at radius 2 is 1.74 bits per heavy atom. The van der Waals surface area contributed by atoms with Crippen molar-refractivity contribution in [1.82, 2.24) is 5.32 Å². The van der Waals surface area contributed by atoms with Crippen LogP contribution in [0.2, 0.25) is 0 Å². The molecule has 0 spiro atoms. The van der Waals surface area contributed by atoms with E-state index < -0.39 is 17.7 Å². The van der Waals surface area contributed by atoms with Gasteiger partial charge >= 0.3 is 12.1 Å². The molecule has 1 amide bonds. The molecule has 0 aliphatic heterocycles. The molecule has 0 saturated carbocycles. The first-order valence-corrected chi connectivity index (χ1v) is 7.28. The van der Waals surface area contributed by atoms with E-state index in [4.69, 9.17) is 5.11 Å². The molecule has 1 aromatic carbocycles. The molecule has 0 aliphatic carbocycles. The van der Waals surface area contributed by atoms with E-state index in [1.807, 2.05) is 0 Å². The number of halogens is 3. The molecular formula is C16H20F3NO3. The first kappa shape index (κ1) is 19.0. The van der Waals surface area contributed by atoms with Crippen molar-refractivity contribution in [1.29, 1.82) is 0 Å². The van der Waals surface area contributed by atoms with Gasteiger partial charge in [0, 0.05) is 18.9 Å². The number of nitrogens with one attached hydrogen (secondary N) is 1. The highest BCUT2D eigenvalue weighted by Gasteiger charge is 2.30. The van der Waals surface area contributed by atoms with Crippen molar-refractivity contribution in [3.8, 4) is 0 Å². The second kappa shape index (κ2) is 7.99. The highest BCUT2D eigenvalue weighted by atomic mass is 19.4. The molecule has 2 N–H and O–H groups in total. The molecule has 1 rings (SSSR count). The van der Waals surface area contributed by atoms with Crippen LogP contribution in [0.25, 0.3) is 0 Å². The lowest BCUT2D eigenvalue weighted by molar-refractivity contribution is -0.138. The maximum absolute atomic E-state index is 12.5. The largest absolute Gasteiger partial charge is 0.481 e. The lowest BCUT2D eigenvalue weighted by atomic mass is 9.96. The van der Waals surface area contributed by atoms with Gasteiger partial charge in [0.25, 0.3) is 0 Å². The van der Waals surface area contributed by atoms with Crippen molar-refractivity contribution >= 4 is 11.9 Å². The van der Waals surface area contributed by atoms with Crippen LogP contribution in [0.1, 0.15) is 50.2 Å². The van der Waals surface area contributed by atoms with Gasteiger partial charge in [-0.25, -0.2) is 0 Å². The van der Waals surface area contributed by atoms with Crippen molar-refractivity contribution < 1.29 is 27.9 Å². The van der Waals surface area contributed by atoms with Gasteiger partial charge in [0.15, 0.2) is 0 Å². The zero-order valence-corrected chi connectivity index (χ0v) is 13.0. The van der Waals surface area contributed by atoms with E-state index in [2.05, 4.69) is 5.32 Å². The number of hydrogen-bond donors (Lipinski definition) is 2. The number of benzene rings is 1. The van der Waals surface area contributed by atoms with Gasteiger partial charge in [-0.3, -0.25) is 9.59 Å². The predicted octanol–water partition coefficient (Wildman–Crippen LogP) is 3.57. The molecule has 0 bridgehead atoms. The van der Waals surface area contributed by atoms with E-state index in [0.717, 1.165) is 12.1 Å². The molecule has 1 aromatic rings. The third-order valence-electron chi connectivity index (χ3n) is 3.50. The molecule has 4 nitrogen and oxygen atoms in total. The van der Waals surface area contributed by atoms with Gasteiger partial charge in [-0.1, -0.05) is 19.1 Å². The molecule has 128 valence electrons. The molecule has 7 heteroatoms. The summed E-state index contributed by atoms with van der Waals surface area (Å²) in [5.74, 6) is -1.41. The van der Waals surface area contributed by atoms with Gasteiger partial charge in [-0.05, 0) is 37.0 Å². The summed E-state index contributed by atoms with van der Waals surface area (Å²) >= 11 is 0. The number of carbonyl (C=O) groups excluding carboxylic acids is 1. The van der Waals surface area contributed by atoms with Crippen molar-refractivity contribution in [2.45, 2.75) is 51.2 Å². The molecule has 0 radical (unpaired) electrons. The van der Waals surface area contributed by atoms with Crippen molar-refractivity contribution in [3.63, 3.8) is 0 Å². The number of amides is 1. The molecule has 0 fully saturated rings. The molecule has 0 heterocycles. The fraction of sp³-hybridized carbons (Fsp3) is 0.500. The van der Waals surface area contributed by atoms with Crippen LogP contribution in [-0.2, 0) is 15.8 Å². The van der Waals surface area contributed by atoms with Crippen LogP contribution >= 0.6 is 0 Å². The van der Waals surface area contributed by atoms with Gasteiger partial charge in [0.05, 0.1) is 5.56 Å². The first-order chi connectivity index (χ1) is 10.6. The average Bonchev–Trinajstić information content (AvgIpc) is 2.44. The molecule has 0 aliphatic rings. The number of carboxylic acids is 1. The van der Waals surface area contributed by atoms with Crippen LogP contribution < -0.4 is 5.32 Å². The van der Waals surface area contributed by atoms with Crippen LogP contribution in [0.15, 0.2) is 24.3 Å². The normalized spacial score (nSPS) is 14.1. The Bertz CT molecular complexity index is 540. The summed E-state index contributed by atoms with van der Waals surface area (Å²) in [6.07, 6.45) is -3.95. The minimum atomic E-state index is -4.38. The van der Waals surface area contributed by atoms with Crippen LogP contribution in [0.3, 0.4) is 0 Å². The summed E-state index contributed by atoms with van der Waals surface area (Å²) in [4.78, 5) is 22.3. The zero-order chi connectivity index (χ0) is 17.6. The molecule has 0 aromatic heterocycles. The van der Waals surface area contributed by atoms with Crippen LogP contribution in [0.4, 0.5) is 13.2 Å². The Kier molecular flexibility index (Phi) is 6.60. The van der Waals surface area contributed by atoms with E-state index in [0.29, 0.717) is 12.0 Å². The maximum Gasteiger partial charge on any atom is 0.416 e. The van der Waals surface area contributed by atoms with Crippen molar-refractivity contribution in [3.05, 3.63) is 35.4 Å². The standard InChI is InChI=1S/C16H20F3NO3/c1-10(9-14(21)20-11(2)3-8-15(22)23)12-4-6-13(7-5-12)16(17,18)19/h4-7,10-11H,3,8-9H2,1-2H3,(H,20,21)(H,22,23). The predicted molar refractivity (Wildman–Crippen MR) is 79.0 cm³/mol. The summed E-state index contributed by atoms with van der Waals surface area (Å²) in [5.41, 5.74) is -0.0773. The molecule has 23 heavy (non-hydrogen) atoms. The maximum atomic E-state index is 12.5. The van der Waals surface area contributed by atoms with E-state index in [-0.39, 0.29) is 30.7 Å². The molecule has 2 unspecified atom stereocenters. The Morgan fingerprint density at radius 3 is 2.22 bits per heavy atom. The second-order valence-electron chi connectivity index (χ2n) is 5.63. The summed E-state index contributed by atoms with van der Waals surface area (Å²) in [5, 5.41) is 11.3. The number of hydrogen-bond acceptors (Lipinski definition) is 2. The van der Waals surface area contributed by atoms with Gasteiger partial charge in [0.1, 0.15) is 0 Å². The van der Waals surface area contributed by atoms with Gasteiger partial charge < -0.3 is 10.4 Å². The first-order valence-electron chi connectivity index (χ1n) is 7.28. The number of alkyl halides is 3. The average molecular weight is 331 g/mol. The quantitative estimate of drug-likeness (QED) is 0.803. The zero-order valence-electron chi connectivity index (χ0n) is 13.0. The molecule has 0 saturated heterocycles. The van der Waals surface area contributed by atoms with E-state index in [9.17, 15) is 22.8 Å². The molecule has 2 atom stereocenters. The molecular weight excluding hydrogens is 311 g/mol. The lowest BCUT2D eigenvalue weighted by Crippen LogP contribution is -2.33. The lowest BCUT2D eigenvalue weighted by Gasteiger charge is -2.16. The smallest absolute Gasteiger partial charge is 0.416 e. The van der Waals surface area contributed by atoms with Crippen LogP contribution in [-0.4, -0.2) is 23.0 Å². The third kappa shape index (κ3) is 6.71. The van der Waals surface area contributed by atoms with Gasteiger partial charge in [-0.15, -0.1) is 0 Å². The van der Waals surface area contributed by atoms with Crippen molar-refractivity contribution in [2.24, 2.45) is 0 Å². The number of rotatable bonds is 7. The minimum Gasteiger partial charge on any atom is -0.481 e. The summed E-state index contributed by atoms with van der Waals surface area (Å²) in [7, 11) is 0. The Labute approximate surface area is 132 Å². The van der Waals surface area contributed by atoms with Crippen LogP contribution in [0.5, 0.6) is 0 Å². The summed E-state index contributed by atoms with van der Waals surface area (Å²) in [6, 6.07) is 4.47. The van der Waals surface area contributed by atoms with Crippen LogP contribution in [0, 0.1) is 0 Å². The highest BCUT2D eigenvalue weighted by molar-refractivity contribution is 5.77. The van der Waals surface area contributed by atoms with Gasteiger partial charge in [-0.2, -0.15) is 13.2 Å². The summed E-state index contributed by atoms with van der Waals surface area (Å²) in [6.45, 7) is 3.47. The topological polar surface area (TPSA) is 66.4 Å². The number of aliphatic carboxylic acids is 1. The van der Waals surface area contributed by atoms with E-state index >= 15 is 0 Å². The van der Waals surface area contributed by atoms with Gasteiger partial charge in [0.2, 0.25) is 5.91 Å². The third-order valence-corrected chi connectivity index (χ3v) is 3.50. The fourth-order valence-electron chi connectivity index (χ4n) is 2.14. The van der Waals surface area contributed by atoms with Crippen molar-refractivity contribution in [2.75, 3.05) is 0 Å². The van der Waals surface area contributed by atoms with E-state index in [1.165, 1.54) is 12.1 Å². The highest BCUT2D eigenvalue weighted by Crippen LogP contribution is 2.30. The monoisotopic (exact) mass is 331 g/mol. The number of carbonyl (C=O) groups is 2. The fourth-order valence-corrected chi connectivity index (χ4v) is 2.14. The SMILES string of the molecule is CC(CCC(=O)O)NC(=O)CC(C)c1ccc(C(F)(F)F)cc1. The summed E-state index contributed by atoms with van der Waals surface area (Å²) < 4.78 is 37.5. The Morgan fingerprint density at radius 1 is 1.17 bits per heavy atom.